The molecular weight excluding hydrogens is 460 g/mol. The predicted molar refractivity (Wildman–Crippen MR) is 126 cm³/mol. The van der Waals surface area contributed by atoms with Crippen LogP contribution in [0, 0.1) is 6.92 Å². The SMILES string of the molecule is CCCn1c(COC(=O)c2[nH]c(CC)c(C(=O)OC)c2C)nc2cc(S(=O)(=O)N(C)C)ccc21. The third-order valence-electron chi connectivity index (χ3n) is 5.63. The number of sulfonamides is 1. The van der Waals surface area contributed by atoms with Gasteiger partial charge in [0.15, 0.2) is 0 Å². The van der Waals surface area contributed by atoms with Gasteiger partial charge in [0.25, 0.3) is 0 Å². The van der Waals surface area contributed by atoms with E-state index in [1.54, 1.807) is 19.1 Å². The molecule has 0 atom stereocenters. The molecule has 0 spiro atoms. The monoisotopic (exact) mass is 490 g/mol. The second kappa shape index (κ2) is 9.98. The van der Waals surface area contributed by atoms with E-state index < -0.39 is 22.0 Å². The maximum Gasteiger partial charge on any atom is 0.355 e. The summed E-state index contributed by atoms with van der Waals surface area (Å²) in [5.41, 5.74) is 2.85. The highest BCUT2D eigenvalue weighted by atomic mass is 32.2. The number of carbonyl (C=O) groups is 2. The second-order valence-electron chi connectivity index (χ2n) is 8.02. The number of nitrogens with one attached hydrogen (secondary N) is 1. The van der Waals surface area contributed by atoms with Crippen LogP contribution in [0.2, 0.25) is 0 Å². The Balaban J connectivity index is 1.93. The van der Waals surface area contributed by atoms with E-state index >= 15 is 0 Å². The van der Waals surface area contributed by atoms with E-state index in [4.69, 9.17) is 9.47 Å². The normalized spacial score (nSPS) is 11.9. The van der Waals surface area contributed by atoms with Crippen molar-refractivity contribution in [2.24, 2.45) is 0 Å². The van der Waals surface area contributed by atoms with Crippen molar-refractivity contribution in [3.05, 3.63) is 46.5 Å². The Kier molecular flexibility index (Phi) is 7.47. The number of rotatable bonds is 9. The molecule has 0 saturated carbocycles. The summed E-state index contributed by atoms with van der Waals surface area (Å²) in [5.74, 6) is -0.635. The van der Waals surface area contributed by atoms with Gasteiger partial charge in [0, 0.05) is 26.3 Å². The molecule has 0 aliphatic carbocycles. The zero-order chi connectivity index (χ0) is 25.2. The fourth-order valence-electron chi connectivity index (χ4n) is 3.82. The van der Waals surface area contributed by atoms with Crippen LogP contribution in [0.5, 0.6) is 0 Å². The van der Waals surface area contributed by atoms with Crippen LogP contribution < -0.4 is 0 Å². The van der Waals surface area contributed by atoms with Gasteiger partial charge in [-0.25, -0.2) is 27.3 Å². The standard InChI is InChI=1S/C23H30N4O6S/c1-7-11-27-18-10-9-15(34(30,31)26(4)5)12-17(18)24-19(27)13-33-23(29)21-14(3)20(22(28)32-6)16(8-2)25-21/h9-10,12,25H,7-8,11,13H2,1-6H3. The Bertz CT molecular complexity index is 1340. The smallest absolute Gasteiger partial charge is 0.355 e. The number of nitrogens with zero attached hydrogens (tertiary/aromatic N) is 3. The molecule has 2 aromatic heterocycles. The Hall–Kier alpha value is -3.18. The molecule has 0 aliphatic heterocycles. The lowest BCUT2D eigenvalue weighted by Crippen LogP contribution is -2.22. The molecule has 0 amide bonds. The van der Waals surface area contributed by atoms with E-state index in [1.165, 1.54) is 27.3 Å². The summed E-state index contributed by atoms with van der Waals surface area (Å²) >= 11 is 0. The Labute approximate surface area is 198 Å². The zero-order valence-corrected chi connectivity index (χ0v) is 21.1. The van der Waals surface area contributed by atoms with Gasteiger partial charge in [-0.15, -0.1) is 0 Å². The van der Waals surface area contributed by atoms with Crippen molar-refractivity contribution in [2.75, 3.05) is 21.2 Å². The molecule has 11 heteroatoms. The molecule has 2 heterocycles. The molecular formula is C23H30N4O6S. The highest BCUT2D eigenvalue weighted by molar-refractivity contribution is 7.89. The predicted octanol–water partition coefficient (Wildman–Crippen LogP) is 3.04. The number of aryl methyl sites for hydroxylation is 2. The summed E-state index contributed by atoms with van der Waals surface area (Å²) < 4.78 is 38.4. The first kappa shape index (κ1) is 25.4. The first-order valence-electron chi connectivity index (χ1n) is 10.9. The quantitative estimate of drug-likeness (QED) is 0.457. The minimum absolute atomic E-state index is 0.114. The molecule has 1 aromatic carbocycles. The van der Waals surface area contributed by atoms with Crippen LogP contribution in [0.4, 0.5) is 0 Å². The van der Waals surface area contributed by atoms with Crippen LogP contribution >= 0.6 is 0 Å². The number of fused-ring (bicyclic) bond motifs is 1. The van der Waals surface area contributed by atoms with E-state index in [0.717, 1.165) is 16.2 Å². The summed E-state index contributed by atoms with van der Waals surface area (Å²) in [6.45, 7) is 6.05. The van der Waals surface area contributed by atoms with Crippen molar-refractivity contribution >= 4 is 33.0 Å². The summed E-state index contributed by atoms with van der Waals surface area (Å²) in [5, 5.41) is 0. The van der Waals surface area contributed by atoms with Crippen LogP contribution in [0.1, 0.15) is 58.2 Å². The Morgan fingerprint density at radius 2 is 1.88 bits per heavy atom. The molecule has 0 aliphatic rings. The topological polar surface area (TPSA) is 124 Å². The van der Waals surface area contributed by atoms with Crippen LogP contribution in [-0.2, 0) is 39.1 Å². The van der Waals surface area contributed by atoms with Gasteiger partial charge in [0.2, 0.25) is 10.0 Å². The fraction of sp³-hybridized carbons (Fsp3) is 0.435. The van der Waals surface area contributed by atoms with Crippen molar-refractivity contribution in [1.82, 2.24) is 18.8 Å². The summed E-state index contributed by atoms with van der Waals surface area (Å²) in [6, 6.07) is 4.78. The minimum Gasteiger partial charge on any atom is -0.465 e. The molecule has 0 unspecified atom stereocenters. The van der Waals surface area contributed by atoms with Gasteiger partial charge in [-0.05, 0) is 43.5 Å². The zero-order valence-electron chi connectivity index (χ0n) is 20.3. The van der Waals surface area contributed by atoms with Crippen molar-refractivity contribution in [1.29, 1.82) is 0 Å². The third-order valence-corrected chi connectivity index (χ3v) is 7.44. The van der Waals surface area contributed by atoms with Gasteiger partial charge in [-0.1, -0.05) is 13.8 Å². The van der Waals surface area contributed by atoms with E-state index in [-0.39, 0.29) is 17.2 Å². The Morgan fingerprint density at radius 3 is 2.47 bits per heavy atom. The van der Waals surface area contributed by atoms with Crippen molar-refractivity contribution in [3.8, 4) is 0 Å². The average molecular weight is 491 g/mol. The molecule has 10 nitrogen and oxygen atoms in total. The lowest BCUT2D eigenvalue weighted by Gasteiger charge is -2.11. The van der Waals surface area contributed by atoms with Gasteiger partial charge < -0.3 is 19.0 Å². The largest absolute Gasteiger partial charge is 0.465 e. The molecule has 3 aromatic rings. The first-order chi connectivity index (χ1) is 16.1. The number of carbonyl (C=O) groups excluding carboxylic acids is 2. The van der Waals surface area contributed by atoms with Crippen molar-refractivity contribution in [3.63, 3.8) is 0 Å². The Morgan fingerprint density at radius 1 is 1.18 bits per heavy atom. The lowest BCUT2D eigenvalue weighted by atomic mass is 10.1. The average Bonchev–Trinajstić information content (AvgIpc) is 3.33. The molecule has 3 rings (SSSR count). The summed E-state index contributed by atoms with van der Waals surface area (Å²) in [7, 11) is 0.625. The number of imidazole rings is 1. The van der Waals surface area contributed by atoms with Gasteiger partial charge in [-0.3, -0.25) is 0 Å². The number of hydrogen-bond donors (Lipinski definition) is 1. The molecule has 0 bridgehead atoms. The molecule has 0 radical (unpaired) electrons. The maximum absolute atomic E-state index is 12.8. The third kappa shape index (κ3) is 4.58. The van der Waals surface area contributed by atoms with Gasteiger partial charge in [0.1, 0.15) is 18.1 Å². The van der Waals surface area contributed by atoms with Crippen LogP contribution in [0.15, 0.2) is 23.1 Å². The maximum atomic E-state index is 12.8. The highest BCUT2D eigenvalue weighted by Gasteiger charge is 2.25. The van der Waals surface area contributed by atoms with Crippen molar-refractivity contribution < 1.29 is 27.5 Å². The number of H-pyrrole nitrogens is 1. The molecule has 1 N–H and O–H groups in total. The van der Waals surface area contributed by atoms with Crippen LogP contribution in [-0.4, -0.2) is 60.4 Å². The van der Waals surface area contributed by atoms with Crippen LogP contribution in [0.3, 0.4) is 0 Å². The van der Waals surface area contributed by atoms with Crippen LogP contribution in [0.25, 0.3) is 11.0 Å². The molecule has 184 valence electrons. The number of aromatic amines is 1. The van der Waals surface area contributed by atoms with E-state index in [2.05, 4.69) is 9.97 Å². The van der Waals surface area contributed by atoms with Crippen molar-refractivity contribution in [2.45, 2.75) is 51.7 Å². The summed E-state index contributed by atoms with van der Waals surface area (Å²) in [6.07, 6.45) is 1.32. The lowest BCUT2D eigenvalue weighted by molar-refractivity contribution is 0.0451. The number of hydrogen-bond acceptors (Lipinski definition) is 7. The van der Waals surface area contributed by atoms with Gasteiger partial charge in [-0.2, -0.15) is 0 Å². The molecule has 0 saturated heterocycles. The number of ether oxygens (including phenoxy) is 2. The molecule has 0 fully saturated rings. The van der Waals surface area contributed by atoms with Gasteiger partial charge in [0.05, 0.1) is 28.6 Å². The van der Waals surface area contributed by atoms with Gasteiger partial charge >= 0.3 is 11.9 Å². The highest BCUT2D eigenvalue weighted by Crippen LogP contribution is 2.24. The number of methoxy groups -OCH3 is 1. The minimum atomic E-state index is -3.61. The van der Waals surface area contributed by atoms with E-state index in [0.29, 0.717) is 41.1 Å². The number of aromatic nitrogens is 3. The first-order valence-corrected chi connectivity index (χ1v) is 12.4. The second-order valence-corrected chi connectivity index (χ2v) is 10.2. The van der Waals surface area contributed by atoms with E-state index in [1.807, 2.05) is 18.4 Å². The molecule has 34 heavy (non-hydrogen) atoms. The van der Waals surface area contributed by atoms with E-state index in [9.17, 15) is 18.0 Å². The summed E-state index contributed by atoms with van der Waals surface area (Å²) in [4.78, 5) is 32.6. The fourth-order valence-corrected chi connectivity index (χ4v) is 4.74. The number of esters is 2. The number of benzene rings is 1.